The molecule has 0 atom stereocenters. The Morgan fingerprint density at radius 3 is 1.00 bits per heavy atom. The highest BCUT2D eigenvalue weighted by atomic mass is 15.3. The molecular formula is C75H47N7. The minimum Gasteiger partial charge on any atom is -0.307 e. The molecule has 7 nitrogen and oxygen atoms in total. The van der Waals surface area contributed by atoms with Gasteiger partial charge in [0.25, 0.3) is 0 Å². The van der Waals surface area contributed by atoms with Crippen molar-refractivity contribution >= 4 is 87.2 Å². The number of rotatable bonds is 8. The summed E-state index contributed by atoms with van der Waals surface area (Å²) in [6.07, 6.45) is 0. The molecule has 0 fully saturated rings. The first-order valence-corrected chi connectivity index (χ1v) is 27.9. The van der Waals surface area contributed by atoms with E-state index in [0.29, 0.717) is 17.7 Å². The van der Waals surface area contributed by atoms with Crippen molar-refractivity contribution in [1.82, 2.24) is 33.2 Å². The highest BCUT2D eigenvalue weighted by molar-refractivity contribution is 6.29. The zero-order valence-corrected chi connectivity index (χ0v) is 44.3. The monoisotopic (exact) mass is 1050 g/mol. The van der Waals surface area contributed by atoms with Crippen molar-refractivity contribution in [2.75, 3.05) is 0 Å². The number of fused-ring (bicyclic) bond motifs is 14. The Morgan fingerprint density at radius 1 is 0.220 bits per heavy atom. The highest BCUT2D eigenvalue weighted by Gasteiger charge is 2.29. The number of nitrogens with zero attached hydrogens (tertiary/aromatic N) is 7. The molecule has 0 spiro atoms. The van der Waals surface area contributed by atoms with E-state index in [1.54, 1.807) is 0 Å². The smallest absolute Gasteiger partial charge is 0.240 e. The third-order valence-corrected chi connectivity index (χ3v) is 16.6. The summed E-state index contributed by atoms with van der Waals surface area (Å²) in [5.41, 5.74) is 18.1. The van der Waals surface area contributed by atoms with Gasteiger partial charge in [0.15, 0.2) is 5.82 Å². The molecular weight excluding hydrogens is 999 g/mol. The summed E-state index contributed by atoms with van der Waals surface area (Å²) >= 11 is 0. The van der Waals surface area contributed by atoms with Crippen molar-refractivity contribution in [3.8, 4) is 68.0 Å². The fourth-order valence-electron chi connectivity index (χ4n) is 13.1. The molecule has 0 bridgehead atoms. The van der Waals surface area contributed by atoms with Gasteiger partial charge in [0.2, 0.25) is 11.9 Å². The third-order valence-electron chi connectivity index (χ3n) is 16.6. The van der Waals surface area contributed by atoms with Gasteiger partial charge in [-0.1, -0.05) is 218 Å². The number of benzene rings is 12. The van der Waals surface area contributed by atoms with Crippen molar-refractivity contribution in [3.63, 3.8) is 0 Å². The first-order valence-electron chi connectivity index (χ1n) is 27.9. The van der Waals surface area contributed by atoms with E-state index in [2.05, 4.69) is 303 Å². The van der Waals surface area contributed by atoms with Gasteiger partial charge >= 0.3 is 0 Å². The minimum atomic E-state index is 0.502. The third kappa shape index (κ3) is 6.87. The second-order valence-corrected chi connectivity index (χ2v) is 21.1. The van der Waals surface area contributed by atoms with Crippen LogP contribution >= 0.6 is 0 Å². The van der Waals surface area contributed by atoms with Crippen LogP contribution < -0.4 is 0 Å². The van der Waals surface area contributed by atoms with E-state index in [1.807, 2.05) is 0 Å². The summed E-state index contributed by atoms with van der Waals surface area (Å²) in [4.78, 5) is 17.3. The first kappa shape index (κ1) is 45.8. The van der Waals surface area contributed by atoms with Gasteiger partial charge in [-0.2, -0.15) is 15.0 Å². The summed E-state index contributed by atoms with van der Waals surface area (Å²) in [5, 5.41) is 9.00. The van der Waals surface area contributed by atoms with Gasteiger partial charge in [-0.3, -0.25) is 9.13 Å². The summed E-state index contributed by atoms with van der Waals surface area (Å²) in [6.45, 7) is 0. The normalized spacial score (nSPS) is 11.9. The standard InChI is InChI=1S/C75H47N7/c1-6-25-48(26-7-1)51-31-24-32-52(45-51)73-76-74(81-63-41-20-16-37-55(63)61-46-59(49-27-8-2-9-28-49)67-57-39-18-22-43-65(57)79(71(67)69(61)81)53-33-12-4-13-34-53)78-75(77-73)82-64-42-21-17-38-56(64)62-47-60(50-29-10-3-11-30-50)68-58-40-19-23-44-66(58)80(72(68)70(62)82)54-35-14-5-15-36-54/h1-47H. The molecule has 0 aliphatic heterocycles. The summed E-state index contributed by atoms with van der Waals surface area (Å²) in [7, 11) is 0. The van der Waals surface area contributed by atoms with Crippen molar-refractivity contribution in [1.29, 1.82) is 0 Å². The van der Waals surface area contributed by atoms with Crippen molar-refractivity contribution < 1.29 is 0 Å². The van der Waals surface area contributed by atoms with Gasteiger partial charge in [0.05, 0.1) is 44.1 Å². The van der Waals surface area contributed by atoms with Gasteiger partial charge in [0, 0.05) is 60.0 Å². The molecule has 0 amide bonds. The number of hydrogen-bond donors (Lipinski definition) is 0. The van der Waals surface area contributed by atoms with Crippen molar-refractivity contribution in [3.05, 3.63) is 285 Å². The average Bonchev–Trinajstić information content (AvgIpc) is 2.12. The van der Waals surface area contributed by atoms with E-state index in [9.17, 15) is 0 Å². The van der Waals surface area contributed by atoms with Crippen molar-refractivity contribution in [2.24, 2.45) is 0 Å². The summed E-state index contributed by atoms with van der Waals surface area (Å²) < 4.78 is 9.51. The van der Waals surface area contributed by atoms with E-state index in [-0.39, 0.29) is 0 Å². The Kier molecular flexibility index (Phi) is 10.2. The highest BCUT2D eigenvalue weighted by Crippen LogP contribution is 2.49. The van der Waals surface area contributed by atoms with Crippen molar-refractivity contribution in [2.45, 2.75) is 0 Å². The average molecular weight is 1050 g/mol. The summed E-state index contributed by atoms with van der Waals surface area (Å²) in [6, 6.07) is 102. The lowest BCUT2D eigenvalue weighted by Gasteiger charge is -2.16. The predicted octanol–water partition coefficient (Wildman–Crippen LogP) is 18.9. The maximum Gasteiger partial charge on any atom is 0.240 e. The lowest BCUT2D eigenvalue weighted by Crippen LogP contribution is -2.11. The molecule has 82 heavy (non-hydrogen) atoms. The quantitative estimate of drug-likeness (QED) is 0.152. The van der Waals surface area contributed by atoms with Crippen LogP contribution in [0.15, 0.2) is 285 Å². The molecule has 5 heterocycles. The Morgan fingerprint density at radius 2 is 0.561 bits per heavy atom. The van der Waals surface area contributed by atoms with Crippen LogP contribution in [0, 0.1) is 0 Å². The Balaban J connectivity index is 1.07. The SMILES string of the molecule is c1ccc(-c2cccc(-c3nc(-n4c5ccccc5c5cc(-c6ccccc6)c6c7ccccc7n(-c7ccccc7)c6c54)nc(-n4c5ccccc5c5cc(-c6ccccc6)c6c7ccccc7n(-c7ccccc7)c6c54)n3)c2)cc1. The minimum absolute atomic E-state index is 0.502. The topological polar surface area (TPSA) is 58.4 Å². The molecule has 17 aromatic rings. The lowest BCUT2D eigenvalue weighted by atomic mass is 9.96. The van der Waals surface area contributed by atoms with E-state index in [4.69, 9.17) is 15.0 Å². The second kappa shape index (κ2) is 18.2. The van der Waals surface area contributed by atoms with Crippen LogP contribution in [0.3, 0.4) is 0 Å². The molecule has 5 aromatic heterocycles. The zero-order valence-electron chi connectivity index (χ0n) is 44.3. The Labute approximate surface area is 471 Å². The van der Waals surface area contributed by atoms with Crippen LogP contribution in [0.5, 0.6) is 0 Å². The van der Waals surface area contributed by atoms with E-state index >= 15 is 0 Å². The molecule has 17 rings (SSSR count). The van der Waals surface area contributed by atoms with Gasteiger partial charge in [0.1, 0.15) is 0 Å². The molecule has 382 valence electrons. The number of para-hydroxylation sites is 6. The van der Waals surface area contributed by atoms with Crippen LogP contribution in [0.2, 0.25) is 0 Å². The molecule has 0 N–H and O–H groups in total. The summed E-state index contributed by atoms with van der Waals surface area (Å²) in [5.74, 6) is 1.56. The fourth-order valence-corrected chi connectivity index (χ4v) is 13.1. The number of aromatic nitrogens is 7. The molecule has 0 radical (unpaired) electrons. The largest absolute Gasteiger partial charge is 0.307 e. The van der Waals surface area contributed by atoms with Crippen LogP contribution in [0.25, 0.3) is 155 Å². The first-order chi connectivity index (χ1) is 40.7. The zero-order chi connectivity index (χ0) is 53.8. The Hall–Kier alpha value is -11.2. The second-order valence-electron chi connectivity index (χ2n) is 21.1. The van der Waals surface area contributed by atoms with Crippen LogP contribution in [-0.2, 0) is 0 Å². The maximum absolute atomic E-state index is 5.90. The molecule has 0 unspecified atom stereocenters. The van der Waals surface area contributed by atoms with Gasteiger partial charge in [-0.15, -0.1) is 0 Å². The van der Waals surface area contributed by atoms with E-state index in [0.717, 1.165) is 138 Å². The maximum atomic E-state index is 5.90. The predicted molar refractivity (Wildman–Crippen MR) is 339 cm³/mol. The van der Waals surface area contributed by atoms with Gasteiger partial charge in [-0.05, 0) is 100 Å². The van der Waals surface area contributed by atoms with Gasteiger partial charge in [-0.25, -0.2) is 0 Å². The molecule has 0 aliphatic rings. The molecule has 7 heteroatoms. The van der Waals surface area contributed by atoms with Crippen LogP contribution in [-0.4, -0.2) is 33.2 Å². The lowest BCUT2D eigenvalue weighted by molar-refractivity contribution is 0.893. The van der Waals surface area contributed by atoms with Gasteiger partial charge < -0.3 is 9.13 Å². The van der Waals surface area contributed by atoms with E-state index < -0.39 is 0 Å². The van der Waals surface area contributed by atoms with E-state index in [1.165, 1.54) is 0 Å². The number of hydrogen-bond acceptors (Lipinski definition) is 3. The Bertz CT molecular complexity index is 5070. The molecule has 0 saturated carbocycles. The molecule has 12 aromatic carbocycles. The molecule has 0 aliphatic carbocycles. The van der Waals surface area contributed by atoms with Crippen LogP contribution in [0.1, 0.15) is 0 Å². The molecule has 0 saturated heterocycles. The van der Waals surface area contributed by atoms with Crippen LogP contribution in [0.4, 0.5) is 0 Å². The fraction of sp³-hybridized carbons (Fsp3) is 0.